The van der Waals surface area contributed by atoms with Crippen molar-refractivity contribution >= 4 is 23.1 Å². The third-order valence-electron chi connectivity index (χ3n) is 5.72. The summed E-state index contributed by atoms with van der Waals surface area (Å²) in [6.07, 6.45) is -3.70. The highest BCUT2D eigenvalue weighted by Crippen LogP contribution is 2.26. The van der Waals surface area contributed by atoms with E-state index in [0.29, 0.717) is 29.2 Å². The van der Waals surface area contributed by atoms with Gasteiger partial charge in [0.25, 0.3) is 5.56 Å². The highest BCUT2D eigenvalue weighted by atomic mass is 19.4. The van der Waals surface area contributed by atoms with Crippen molar-refractivity contribution < 1.29 is 27.1 Å². The van der Waals surface area contributed by atoms with Crippen molar-refractivity contribution in [3.63, 3.8) is 0 Å². The zero-order chi connectivity index (χ0) is 24.8. The summed E-state index contributed by atoms with van der Waals surface area (Å²) in [5.41, 5.74) is 6.46. The van der Waals surface area contributed by atoms with Gasteiger partial charge in [-0.1, -0.05) is 6.07 Å². The molecular weight excluding hydrogens is 460 g/mol. The standard InChI is InChI=1S/C21H22F4N6O3/c1-11-5-6-13(22)8-12(11)9-31-15-16(27-19(31)30-7-3-4-14(26)10-30)28-20(29(2)17(15)32)34-18(33)21(23,24)25/h5-6,8,14H,3-4,7,9-10,26H2,1-2H3/t14-/m1/s1. The fourth-order valence-electron chi connectivity index (χ4n) is 3.92. The van der Waals surface area contributed by atoms with E-state index in [2.05, 4.69) is 14.7 Å². The lowest BCUT2D eigenvalue weighted by atomic mass is 10.1. The fourth-order valence-corrected chi connectivity index (χ4v) is 3.92. The third kappa shape index (κ3) is 4.47. The Kier molecular flexibility index (Phi) is 6.06. The first-order valence-electron chi connectivity index (χ1n) is 10.5. The van der Waals surface area contributed by atoms with Crippen molar-refractivity contribution in [3.8, 4) is 6.01 Å². The molecule has 1 aliphatic rings. The molecule has 1 saturated heterocycles. The molecule has 2 aromatic heterocycles. The van der Waals surface area contributed by atoms with Crippen molar-refractivity contribution in [2.24, 2.45) is 12.8 Å². The summed E-state index contributed by atoms with van der Waals surface area (Å²) in [5, 5.41) is 0. The van der Waals surface area contributed by atoms with Crippen LogP contribution < -0.4 is 20.9 Å². The van der Waals surface area contributed by atoms with E-state index in [0.717, 1.165) is 25.5 Å². The Hall–Kier alpha value is -3.48. The Morgan fingerprint density at radius 2 is 2.03 bits per heavy atom. The molecule has 1 aliphatic heterocycles. The first-order valence-corrected chi connectivity index (χ1v) is 10.5. The molecule has 0 unspecified atom stereocenters. The van der Waals surface area contributed by atoms with Gasteiger partial charge in [-0.05, 0) is 43.0 Å². The number of piperidine rings is 1. The molecule has 0 spiro atoms. The van der Waals surface area contributed by atoms with Gasteiger partial charge >= 0.3 is 18.2 Å². The minimum absolute atomic E-state index is 0.0212. The van der Waals surface area contributed by atoms with E-state index in [1.54, 1.807) is 17.6 Å². The molecule has 3 heterocycles. The summed E-state index contributed by atoms with van der Waals surface area (Å²) in [7, 11) is 1.13. The largest absolute Gasteiger partial charge is 0.491 e. The van der Waals surface area contributed by atoms with Gasteiger partial charge in [0.1, 0.15) is 5.82 Å². The number of nitrogens with zero attached hydrogens (tertiary/aromatic N) is 5. The normalized spacial score (nSPS) is 16.8. The molecule has 2 N–H and O–H groups in total. The lowest BCUT2D eigenvalue weighted by Crippen LogP contribution is -2.44. The molecule has 9 nitrogen and oxygen atoms in total. The van der Waals surface area contributed by atoms with Crippen molar-refractivity contribution in [2.75, 3.05) is 18.0 Å². The van der Waals surface area contributed by atoms with Gasteiger partial charge in [-0.25, -0.2) is 9.18 Å². The molecule has 4 rings (SSSR count). The number of aryl methyl sites for hydroxylation is 1. The molecule has 182 valence electrons. The number of benzene rings is 1. The predicted molar refractivity (Wildman–Crippen MR) is 114 cm³/mol. The third-order valence-corrected chi connectivity index (χ3v) is 5.72. The van der Waals surface area contributed by atoms with Crippen LogP contribution in [0.5, 0.6) is 6.01 Å². The Balaban J connectivity index is 1.89. The summed E-state index contributed by atoms with van der Waals surface area (Å²) in [4.78, 5) is 34.7. The van der Waals surface area contributed by atoms with Crippen molar-refractivity contribution in [3.05, 3.63) is 45.5 Å². The van der Waals surface area contributed by atoms with Gasteiger partial charge in [0.2, 0.25) is 5.95 Å². The minimum Gasteiger partial charge on any atom is -0.385 e. The van der Waals surface area contributed by atoms with Crippen molar-refractivity contribution in [2.45, 2.75) is 38.5 Å². The van der Waals surface area contributed by atoms with E-state index in [1.807, 2.05) is 4.90 Å². The molecular formula is C21H22F4N6O3. The number of nitrogens with two attached hydrogens (primary N) is 1. The van der Waals surface area contributed by atoms with Crippen LogP contribution in [0, 0.1) is 12.7 Å². The number of aromatic nitrogens is 4. The van der Waals surface area contributed by atoms with Gasteiger partial charge in [-0.3, -0.25) is 13.9 Å². The quantitative estimate of drug-likeness (QED) is 0.448. The number of carbonyl (C=O) groups excluding carboxylic acids is 1. The first kappa shape index (κ1) is 23.7. The SMILES string of the molecule is Cc1ccc(F)cc1Cn1c(N2CCC[C@@H](N)C2)nc2nc(OC(=O)C(F)(F)F)n(C)c(=O)c21. The van der Waals surface area contributed by atoms with Crippen LogP contribution in [0.25, 0.3) is 11.2 Å². The van der Waals surface area contributed by atoms with Crippen LogP contribution in [-0.4, -0.2) is 50.4 Å². The van der Waals surface area contributed by atoms with E-state index >= 15 is 0 Å². The van der Waals surface area contributed by atoms with E-state index in [4.69, 9.17) is 5.73 Å². The first-order chi connectivity index (χ1) is 16.0. The summed E-state index contributed by atoms with van der Waals surface area (Å²) in [5.74, 6) is -2.65. The highest BCUT2D eigenvalue weighted by Gasteiger charge is 2.42. The molecule has 34 heavy (non-hydrogen) atoms. The van der Waals surface area contributed by atoms with Crippen LogP contribution in [0.3, 0.4) is 0 Å². The number of esters is 1. The maximum atomic E-state index is 13.9. The number of hydrogen-bond acceptors (Lipinski definition) is 7. The van der Waals surface area contributed by atoms with Gasteiger partial charge in [-0.2, -0.15) is 23.1 Å². The Labute approximate surface area is 190 Å². The summed E-state index contributed by atoms with van der Waals surface area (Å²) < 4.78 is 58.6. The number of carbonyl (C=O) groups is 1. The predicted octanol–water partition coefficient (Wildman–Crippen LogP) is 2.02. The Morgan fingerprint density at radius 3 is 2.71 bits per heavy atom. The van der Waals surface area contributed by atoms with Gasteiger partial charge in [0, 0.05) is 26.2 Å². The zero-order valence-electron chi connectivity index (χ0n) is 18.4. The molecule has 0 radical (unpaired) electrons. The number of halogens is 4. The molecule has 3 aromatic rings. The number of alkyl halides is 3. The average Bonchev–Trinajstić information content (AvgIpc) is 3.12. The van der Waals surface area contributed by atoms with Crippen LogP contribution >= 0.6 is 0 Å². The van der Waals surface area contributed by atoms with Gasteiger partial charge in [-0.15, -0.1) is 0 Å². The smallest absolute Gasteiger partial charge is 0.385 e. The number of imidazole rings is 1. The monoisotopic (exact) mass is 482 g/mol. The molecule has 0 aliphatic carbocycles. The van der Waals surface area contributed by atoms with Crippen LogP contribution in [0.4, 0.5) is 23.5 Å². The second kappa shape index (κ2) is 8.70. The number of anilines is 1. The van der Waals surface area contributed by atoms with Crippen LogP contribution in [-0.2, 0) is 18.4 Å². The fraction of sp³-hybridized carbons (Fsp3) is 0.429. The van der Waals surface area contributed by atoms with E-state index in [9.17, 15) is 27.2 Å². The summed E-state index contributed by atoms with van der Waals surface area (Å²) in [6, 6.07) is 3.28. The van der Waals surface area contributed by atoms with Gasteiger partial charge in [0.05, 0.1) is 6.54 Å². The second-order valence-electron chi connectivity index (χ2n) is 8.24. The lowest BCUT2D eigenvalue weighted by Gasteiger charge is -2.32. The number of hydrogen-bond donors (Lipinski definition) is 1. The maximum absolute atomic E-state index is 13.9. The van der Waals surface area contributed by atoms with Crippen molar-refractivity contribution in [1.29, 1.82) is 0 Å². The van der Waals surface area contributed by atoms with Gasteiger partial charge < -0.3 is 15.4 Å². The lowest BCUT2D eigenvalue weighted by molar-refractivity contribution is -0.190. The number of ether oxygens (including phenoxy) is 1. The molecule has 0 bridgehead atoms. The van der Waals surface area contributed by atoms with Crippen LogP contribution in [0.15, 0.2) is 23.0 Å². The molecule has 0 saturated carbocycles. The Morgan fingerprint density at radius 1 is 1.29 bits per heavy atom. The second-order valence-corrected chi connectivity index (χ2v) is 8.24. The molecule has 1 atom stereocenters. The van der Waals surface area contributed by atoms with Gasteiger partial charge in [0.15, 0.2) is 11.2 Å². The topological polar surface area (TPSA) is 108 Å². The number of rotatable bonds is 4. The summed E-state index contributed by atoms with van der Waals surface area (Å²) >= 11 is 0. The number of fused-ring (bicyclic) bond motifs is 1. The van der Waals surface area contributed by atoms with Crippen molar-refractivity contribution in [1.82, 2.24) is 19.1 Å². The molecule has 1 fully saturated rings. The average molecular weight is 482 g/mol. The van der Waals surface area contributed by atoms with E-state index in [1.165, 1.54) is 12.1 Å². The molecule has 13 heteroatoms. The Bertz CT molecular complexity index is 1320. The van der Waals surface area contributed by atoms with Crippen LogP contribution in [0.1, 0.15) is 24.0 Å². The molecule has 1 aromatic carbocycles. The summed E-state index contributed by atoms with van der Waals surface area (Å²) in [6.45, 7) is 2.85. The maximum Gasteiger partial charge on any atom is 0.491 e. The highest BCUT2D eigenvalue weighted by molar-refractivity contribution is 5.79. The zero-order valence-corrected chi connectivity index (χ0v) is 18.4. The van der Waals surface area contributed by atoms with E-state index in [-0.39, 0.29) is 23.8 Å². The minimum atomic E-state index is -5.27. The van der Waals surface area contributed by atoms with E-state index < -0.39 is 29.5 Å². The molecule has 0 amide bonds. The van der Waals surface area contributed by atoms with Crippen LogP contribution in [0.2, 0.25) is 0 Å².